The van der Waals surface area contributed by atoms with Gasteiger partial charge in [-0.3, -0.25) is 9.59 Å². The predicted octanol–water partition coefficient (Wildman–Crippen LogP) is 4.42. The first-order chi connectivity index (χ1) is 13.0. The standard InChI is InChI=1S/C21H22N2O3S/c1-14-10-11-16(12-15(14)2)22-19(24)13-26-21(25)9-5-8-20-23-17-6-3-4-7-18(17)27-20/h3-4,6-7,10-12H,5,8-9,13H2,1-2H3,(H,22,24). The number of nitrogens with one attached hydrogen (secondary N) is 1. The van der Waals surface area contributed by atoms with Crippen molar-refractivity contribution in [2.24, 2.45) is 0 Å². The van der Waals surface area contributed by atoms with Crippen LogP contribution >= 0.6 is 11.3 Å². The number of aryl methyl sites for hydroxylation is 3. The second-order valence-electron chi connectivity index (χ2n) is 6.44. The zero-order chi connectivity index (χ0) is 19.2. The molecule has 0 aliphatic heterocycles. The average Bonchev–Trinajstić information content (AvgIpc) is 3.06. The van der Waals surface area contributed by atoms with Crippen LogP contribution in [0.4, 0.5) is 5.69 Å². The first-order valence-corrected chi connectivity index (χ1v) is 9.70. The van der Waals surface area contributed by atoms with Crippen LogP contribution < -0.4 is 5.32 Å². The molecule has 27 heavy (non-hydrogen) atoms. The molecule has 0 fully saturated rings. The highest BCUT2D eigenvalue weighted by atomic mass is 32.1. The lowest BCUT2D eigenvalue weighted by Gasteiger charge is -2.08. The molecule has 5 nitrogen and oxygen atoms in total. The fraction of sp³-hybridized carbons (Fsp3) is 0.286. The van der Waals surface area contributed by atoms with Crippen molar-refractivity contribution in [3.05, 3.63) is 58.6 Å². The highest BCUT2D eigenvalue weighted by Crippen LogP contribution is 2.22. The molecule has 0 spiro atoms. The molecule has 0 aliphatic carbocycles. The molecule has 0 unspecified atom stereocenters. The maximum Gasteiger partial charge on any atom is 0.306 e. The molecule has 0 bridgehead atoms. The van der Waals surface area contributed by atoms with Gasteiger partial charge in [0.05, 0.1) is 15.2 Å². The molecular weight excluding hydrogens is 360 g/mol. The van der Waals surface area contributed by atoms with E-state index in [4.69, 9.17) is 4.74 Å². The molecule has 2 aromatic carbocycles. The molecule has 1 heterocycles. The van der Waals surface area contributed by atoms with Crippen LogP contribution in [0.15, 0.2) is 42.5 Å². The van der Waals surface area contributed by atoms with Crippen molar-refractivity contribution in [2.45, 2.75) is 33.1 Å². The van der Waals surface area contributed by atoms with Gasteiger partial charge in [-0.2, -0.15) is 0 Å². The van der Waals surface area contributed by atoms with Crippen molar-refractivity contribution in [3.8, 4) is 0 Å². The Kier molecular flexibility index (Phi) is 6.19. The Bertz CT molecular complexity index is 932. The summed E-state index contributed by atoms with van der Waals surface area (Å²) < 4.78 is 6.21. The Morgan fingerprint density at radius 3 is 2.70 bits per heavy atom. The second kappa shape index (κ2) is 8.77. The quantitative estimate of drug-likeness (QED) is 0.614. The summed E-state index contributed by atoms with van der Waals surface area (Å²) in [6.45, 7) is 3.72. The number of carbonyl (C=O) groups excluding carboxylic acids is 2. The lowest BCUT2D eigenvalue weighted by Crippen LogP contribution is -2.20. The van der Waals surface area contributed by atoms with Gasteiger partial charge in [0, 0.05) is 12.1 Å². The number of hydrogen-bond acceptors (Lipinski definition) is 5. The third-order valence-electron chi connectivity index (χ3n) is 4.26. The van der Waals surface area contributed by atoms with Crippen LogP contribution in [0.2, 0.25) is 0 Å². The number of hydrogen-bond donors (Lipinski definition) is 1. The van der Waals surface area contributed by atoms with Crippen molar-refractivity contribution >= 4 is 39.1 Å². The van der Waals surface area contributed by atoms with E-state index < -0.39 is 0 Å². The van der Waals surface area contributed by atoms with Crippen LogP contribution in [-0.2, 0) is 20.7 Å². The number of fused-ring (bicyclic) bond motifs is 1. The number of rotatable bonds is 7. The molecular formula is C21H22N2O3S. The van der Waals surface area contributed by atoms with Gasteiger partial charge >= 0.3 is 5.97 Å². The van der Waals surface area contributed by atoms with E-state index in [9.17, 15) is 9.59 Å². The molecule has 0 atom stereocenters. The van der Waals surface area contributed by atoms with Gasteiger partial charge in [-0.05, 0) is 62.1 Å². The van der Waals surface area contributed by atoms with E-state index in [0.717, 1.165) is 32.8 Å². The number of thiazole rings is 1. The van der Waals surface area contributed by atoms with Crippen molar-refractivity contribution in [2.75, 3.05) is 11.9 Å². The summed E-state index contributed by atoms with van der Waals surface area (Å²) in [6, 6.07) is 13.7. The third kappa shape index (κ3) is 5.37. The van der Waals surface area contributed by atoms with Crippen molar-refractivity contribution < 1.29 is 14.3 Å². The zero-order valence-electron chi connectivity index (χ0n) is 15.5. The summed E-state index contributed by atoms with van der Waals surface area (Å²) in [6.07, 6.45) is 1.65. The number of carbonyl (C=O) groups is 2. The number of nitrogens with zero attached hydrogens (tertiary/aromatic N) is 1. The molecule has 3 rings (SSSR count). The summed E-state index contributed by atoms with van der Waals surface area (Å²) in [5.41, 5.74) is 3.95. The molecule has 3 aromatic rings. The van der Waals surface area contributed by atoms with E-state index in [0.29, 0.717) is 12.1 Å². The van der Waals surface area contributed by atoms with Crippen LogP contribution in [0, 0.1) is 13.8 Å². The minimum Gasteiger partial charge on any atom is -0.456 e. The van der Waals surface area contributed by atoms with E-state index in [1.165, 1.54) is 0 Å². The van der Waals surface area contributed by atoms with Crippen LogP contribution in [0.25, 0.3) is 10.2 Å². The summed E-state index contributed by atoms with van der Waals surface area (Å²) in [4.78, 5) is 28.3. The normalized spacial score (nSPS) is 10.7. The molecule has 1 N–H and O–H groups in total. The van der Waals surface area contributed by atoms with E-state index in [-0.39, 0.29) is 24.9 Å². The van der Waals surface area contributed by atoms with Gasteiger partial charge < -0.3 is 10.1 Å². The Balaban J connectivity index is 1.38. The first-order valence-electron chi connectivity index (χ1n) is 8.88. The van der Waals surface area contributed by atoms with Gasteiger partial charge in [-0.1, -0.05) is 18.2 Å². The number of aromatic nitrogens is 1. The zero-order valence-corrected chi connectivity index (χ0v) is 16.3. The van der Waals surface area contributed by atoms with Crippen molar-refractivity contribution in [1.82, 2.24) is 4.98 Å². The molecule has 140 valence electrons. The smallest absolute Gasteiger partial charge is 0.306 e. The number of anilines is 1. The fourth-order valence-corrected chi connectivity index (χ4v) is 3.65. The number of para-hydroxylation sites is 1. The second-order valence-corrected chi connectivity index (χ2v) is 7.55. The monoisotopic (exact) mass is 382 g/mol. The van der Waals surface area contributed by atoms with E-state index >= 15 is 0 Å². The number of benzene rings is 2. The van der Waals surface area contributed by atoms with E-state index in [2.05, 4.69) is 10.3 Å². The summed E-state index contributed by atoms with van der Waals surface area (Å²) in [5, 5.41) is 3.75. The molecule has 1 amide bonds. The Morgan fingerprint density at radius 1 is 1.11 bits per heavy atom. The lowest BCUT2D eigenvalue weighted by atomic mass is 10.1. The van der Waals surface area contributed by atoms with Gasteiger partial charge in [-0.25, -0.2) is 4.98 Å². The van der Waals surface area contributed by atoms with Gasteiger partial charge in [-0.15, -0.1) is 11.3 Å². The van der Waals surface area contributed by atoms with Gasteiger partial charge in [0.15, 0.2) is 6.61 Å². The Morgan fingerprint density at radius 2 is 1.93 bits per heavy atom. The van der Waals surface area contributed by atoms with Gasteiger partial charge in [0.1, 0.15) is 0 Å². The Labute approximate surface area is 162 Å². The summed E-state index contributed by atoms with van der Waals surface area (Å²) >= 11 is 1.64. The number of esters is 1. The summed E-state index contributed by atoms with van der Waals surface area (Å²) in [7, 11) is 0. The largest absolute Gasteiger partial charge is 0.456 e. The van der Waals surface area contributed by atoms with Crippen molar-refractivity contribution in [3.63, 3.8) is 0 Å². The Hall–Kier alpha value is -2.73. The lowest BCUT2D eigenvalue weighted by molar-refractivity contribution is -0.147. The van der Waals surface area contributed by atoms with Crippen LogP contribution in [0.5, 0.6) is 0 Å². The van der Waals surface area contributed by atoms with Gasteiger partial charge in [0.25, 0.3) is 5.91 Å². The molecule has 0 radical (unpaired) electrons. The van der Waals surface area contributed by atoms with E-state index in [1.807, 2.05) is 56.3 Å². The molecule has 0 saturated carbocycles. The summed E-state index contributed by atoms with van der Waals surface area (Å²) in [5.74, 6) is -0.705. The van der Waals surface area contributed by atoms with Crippen molar-refractivity contribution in [1.29, 1.82) is 0 Å². The maximum atomic E-state index is 11.9. The average molecular weight is 382 g/mol. The fourth-order valence-electron chi connectivity index (χ4n) is 2.65. The first kappa shape index (κ1) is 19.0. The highest BCUT2D eigenvalue weighted by molar-refractivity contribution is 7.18. The molecule has 6 heteroatoms. The SMILES string of the molecule is Cc1ccc(NC(=O)COC(=O)CCCc2nc3ccccc3s2)cc1C. The third-order valence-corrected chi connectivity index (χ3v) is 5.36. The molecule has 0 aliphatic rings. The van der Waals surface area contributed by atoms with E-state index in [1.54, 1.807) is 11.3 Å². The minimum absolute atomic E-state index is 0.271. The van der Waals surface area contributed by atoms with Crippen LogP contribution in [-0.4, -0.2) is 23.5 Å². The topological polar surface area (TPSA) is 68.3 Å². The van der Waals surface area contributed by atoms with Gasteiger partial charge in [0.2, 0.25) is 0 Å². The highest BCUT2D eigenvalue weighted by Gasteiger charge is 2.10. The minimum atomic E-state index is -0.369. The number of amides is 1. The predicted molar refractivity (Wildman–Crippen MR) is 108 cm³/mol. The van der Waals surface area contributed by atoms with Crippen LogP contribution in [0.1, 0.15) is 29.0 Å². The molecule has 1 aromatic heterocycles. The number of ether oxygens (including phenoxy) is 1. The molecule has 0 saturated heterocycles. The maximum absolute atomic E-state index is 11.9. The van der Waals surface area contributed by atoms with Crippen LogP contribution in [0.3, 0.4) is 0 Å².